The number of anilines is 1. The lowest BCUT2D eigenvalue weighted by Crippen LogP contribution is -2.15. The summed E-state index contributed by atoms with van der Waals surface area (Å²) in [7, 11) is 0. The Kier molecular flexibility index (Phi) is 5.20. The molecule has 148 valence electrons. The minimum atomic E-state index is -0.0672. The highest BCUT2D eigenvalue weighted by molar-refractivity contribution is 7.13. The van der Waals surface area contributed by atoms with Gasteiger partial charge in [-0.25, -0.2) is 4.98 Å². The fraction of sp³-hybridized carbons (Fsp3) is 0.261. The number of benzene rings is 1. The van der Waals surface area contributed by atoms with Crippen LogP contribution in [0.5, 0.6) is 0 Å². The lowest BCUT2D eigenvalue weighted by Gasteiger charge is -2.14. The van der Waals surface area contributed by atoms with Crippen molar-refractivity contribution in [3.8, 4) is 0 Å². The predicted octanol–water partition coefficient (Wildman–Crippen LogP) is 5.02. The van der Waals surface area contributed by atoms with Gasteiger partial charge in [0.15, 0.2) is 5.13 Å². The number of hydrogen-bond donors (Lipinski definition) is 1. The lowest BCUT2D eigenvalue weighted by atomic mass is 9.93. The second-order valence-corrected chi connectivity index (χ2v) is 9.03. The fourth-order valence-corrected chi connectivity index (χ4v) is 4.23. The number of hydrogen-bond acceptors (Lipinski definition) is 4. The van der Waals surface area contributed by atoms with Gasteiger partial charge in [-0.2, -0.15) is 0 Å². The van der Waals surface area contributed by atoms with Gasteiger partial charge in [-0.1, -0.05) is 51.1 Å². The maximum Gasteiger partial charge on any atom is 0.230 e. The minimum absolute atomic E-state index is 0.0317. The molecule has 1 N–H and O–H groups in total. The Bertz CT molecular complexity index is 1140. The first-order valence-electron chi connectivity index (χ1n) is 9.61. The SMILES string of the molecule is CC(C)(C)c1csc(NC(=O)Cc2cn(Cc3ccccc3)c3ccncc23)n1. The van der Waals surface area contributed by atoms with Crippen LogP contribution >= 0.6 is 11.3 Å². The Balaban J connectivity index is 1.54. The van der Waals surface area contributed by atoms with Gasteiger partial charge < -0.3 is 9.88 Å². The maximum atomic E-state index is 12.7. The Labute approximate surface area is 174 Å². The molecule has 0 aliphatic rings. The summed E-state index contributed by atoms with van der Waals surface area (Å²) in [6.45, 7) is 7.09. The van der Waals surface area contributed by atoms with Crippen LogP contribution in [0.25, 0.3) is 10.9 Å². The summed E-state index contributed by atoms with van der Waals surface area (Å²) in [6.07, 6.45) is 5.97. The quantitative estimate of drug-likeness (QED) is 0.508. The molecule has 0 bridgehead atoms. The Morgan fingerprint density at radius 2 is 1.97 bits per heavy atom. The molecule has 0 spiro atoms. The minimum Gasteiger partial charge on any atom is -0.343 e. The van der Waals surface area contributed by atoms with E-state index in [0.717, 1.165) is 28.7 Å². The molecule has 0 fully saturated rings. The van der Waals surface area contributed by atoms with Crippen LogP contribution in [0.1, 0.15) is 37.6 Å². The van der Waals surface area contributed by atoms with Crippen LogP contribution in [0.4, 0.5) is 5.13 Å². The first-order valence-corrected chi connectivity index (χ1v) is 10.5. The van der Waals surface area contributed by atoms with Gasteiger partial charge in [0.2, 0.25) is 5.91 Å². The molecule has 1 amide bonds. The van der Waals surface area contributed by atoms with Crippen molar-refractivity contribution >= 4 is 33.3 Å². The largest absolute Gasteiger partial charge is 0.343 e. The molecule has 5 nitrogen and oxygen atoms in total. The van der Waals surface area contributed by atoms with E-state index in [4.69, 9.17) is 0 Å². The second-order valence-electron chi connectivity index (χ2n) is 8.17. The molecule has 0 aliphatic carbocycles. The van der Waals surface area contributed by atoms with Gasteiger partial charge in [-0.3, -0.25) is 9.78 Å². The monoisotopic (exact) mass is 404 g/mol. The third-order valence-electron chi connectivity index (χ3n) is 4.83. The molecule has 4 rings (SSSR count). The zero-order valence-corrected chi connectivity index (χ0v) is 17.7. The summed E-state index contributed by atoms with van der Waals surface area (Å²) in [5.74, 6) is -0.0672. The number of amides is 1. The van der Waals surface area contributed by atoms with Gasteiger partial charge in [-0.05, 0) is 17.2 Å². The molecule has 6 heteroatoms. The normalized spacial score (nSPS) is 11.7. The number of pyridine rings is 1. The van der Waals surface area contributed by atoms with E-state index in [1.807, 2.05) is 35.8 Å². The first kappa shape index (κ1) is 19.3. The highest BCUT2D eigenvalue weighted by atomic mass is 32.1. The second kappa shape index (κ2) is 7.79. The number of carbonyl (C=O) groups is 1. The van der Waals surface area contributed by atoms with E-state index in [1.165, 1.54) is 16.9 Å². The van der Waals surface area contributed by atoms with E-state index in [9.17, 15) is 4.79 Å². The molecule has 0 aliphatic heterocycles. The average Bonchev–Trinajstić information content (AvgIpc) is 3.28. The van der Waals surface area contributed by atoms with E-state index in [1.54, 1.807) is 6.20 Å². The van der Waals surface area contributed by atoms with Gasteiger partial charge in [0.05, 0.1) is 17.6 Å². The van der Waals surface area contributed by atoms with Crippen molar-refractivity contribution in [3.63, 3.8) is 0 Å². The topological polar surface area (TPSA) is 59.8 Å². The van der Waals surface area contributed by atoms with Crippen molar-refractivity contribution in [2.24, 2.45) is 0 Å². The van der Waals surface area contributed by atoms with E-state index in [2.05, 4.69) is 59.0 Å². The van der Waals surface area contributed by atoms with Crippen molar-refractivity contribution in [2.45, 2.75) is 39.2 Å². The van der Waals surface area contributed by atoms with E-state index in [-0.39, 0.29) is 17.7 Å². The molecule has 29 heavy (non-hydrogen) atoms. The van der Waals surface area contributed by atoms with Crippen molar-refractivity contribution in [1.82, 2.24) is 14.5 Å². The van der Waals surface area contributed by atoms with Crippen LogP contribution in [0.2, 0.25) is 0 Å². The fourth-order valence-electron chi connectivity index (χ4n) is 3.28. The zero-order valence-electron chi connectivity index (χ0n) is 16.8. The number of carbonyl (C=O) groups excluding carboxylic acids is 1. The van der Waals surface area contributed by atoms with Gasteiger partial charge in [0, 0.05) is 41.3 Å². The Morgan fingerprint density at radius 1 is 1.17 bits per heavy atom. The van der Waals surface area contributed by atoms with Gasteiger partial charge in [0.1, 0.15) is 0 Å². The molecule has 0 saturated heterocycles. The summed E-state index contributed by atoms with van der Waals surface area (Å²) < 4.78 is 2.18. The van der Waals surface area contributed by atoms with Crippen molar-refractivity contribution in [3.05, 3.63) is 77.2 Å². The highest BCUT2D eigenvalue weighted by Crippen LogP contribution is 2.27. The number of nitrogens with zero attached hydrogens (tertiary/aromatic N) is 3. The third-order valence-corrected chi connectivity index (χ3v) is 5.59. The molecule has 0 unspecified atom stereocenters. The number of thiazole rings is 1. The molecular weight excluding hydrogens is 380 g/mol. The number of fused-ring (bicyclic) bond motifs is 1. The van der Waals surface area contributed by atoms with Crippen LogP contribution in [0.15, 0.2) is 60.4 Å². The van der Waals surface area contributed by atoms with Gasteiger partial charge in [0.25, 0.3) is 0 Å². The van der Waals surface area contributed by atoms with Crippen LogP contribution in [0, 0.1) is 0 Å². The van der Waals surface area contributed by atoms with Crippen LogP contribution in [-0.4, -0.2) is 20.4 Å². The van der Waals surface area contributed by atoms with Crippen molar-refractivity contribution in [1.29, 1.82) is 0 Å². The standard InChI is InChI=1S/C23H24N4OS/c1-23(2,3)20-15-29-22(25-20)26-21(28)11-17-14-27(13-16-7-5-4-6-8-16)19-9-10-24-12-18(17)19/h4-10,12,14-15H,11,13H2,1-3H3,(H,25,26,28). The number of rotatable bonds is 5. The third kappa shape index (κ3) is 4.38. The summed E-state index contributed by atoms with van der Waals surface area (Å²) >= 11 is 1.47. The molecule has 1 aromatic carbocycles. The number of aromatic nitrogens is 3. The first-order chi connectivity index (χ1) is 13.9. The molecule has 0 radical (unpaired) electrons. The summed E-state index contributed by atoms with van der Waals surface area (Å²) in [5.41, 5.74) is 4.22. The summed E-state index contributed by atoms with van der Waals surface area (Å²) in [6, 6.07) is 12.3. The molecule has 0 saturated carbocycles. The average molecular weight is 405 g/mol. The zero-order chi connectivity index (χ0) is 20.4. The van der Waals surface area contributed by atoms with E-state index >= 15 is 0 Å². The van der Waals surface area contributed by atoms with Crippen LogP contribution < -0.4 is 5.32 Å². The predicted molar refractivity (Wildman–Crippen MR) is 118 cm³/mol. The van der Waals surface area contributed by atoms with Crippen molar-refractivity contribution < 1.29 is 4.79 Å². The van der Waals surface area contributed by atoms with E-state index < -0.39 is 0 Å². The summed E-state index contributed by atoms with van der Waals surface area (Å²) in [4.78, 5) is 21.5. The Morgan fingerprint density at radius 3 is 2.69 bits per heavy atom. The molecule has 3 aromatic heterocycles. The van der Waals surface area contributed by atoms with Gasteiger partial charge >= 0.3 is 0 Å². The lowest BCUT2D eigenvalue weighted by molar-refractivity contribution is -0.115. The van der Waals surface area contributed by atoms with Crippen LogP contribution in [0.3, 0.4) is 0 Å². The number of nitrogens with one attached hydrogen (secondary N) is 1. The summed E-state index contributed by atoms with van der Waals surface area (Å²) in [5, 5.41) is 6.60. The maximum absolute atomic E-state index is 12.7. The highest BCUT2D eigenvalue weighted by Gasteiger charge is 2.19. The molecular formula is C23H24N4OS. The Hall–Kier alpha value is -2.99. The molecule has 3 heterocycles. The van der Waals surface area contributed by atoms with Crippen LogP contribution in [-0.2, 0) is 23.2 Å². The molecule has 0 atom stereocenters. The smallest absolute Gasteiger partial charge is 0.230 e. The van der Waals surface area contributed by atoms with Crippen molar-refractivity contribution in [2.75, 3.05) is 5.32 Å². The van der Waals surface area contributed by atoms with E-state index in [0.29, 0.717) is 5.13 Å². The van der Waals surface area contributed by atoms with Gasteiger partial charge in [-0.15, -0.1) is 11.3 Å². The molecule has 4 aromatic rings.